The number of anilines is 2. The molecular formula is C18H16N8O6S4. The van der Waals surface area contributed by atoms with E-state index in [-0.39, 0.29) is 11.4 Å². The summed E-state index contributed by atoms with van der Waals surface area (Å²) in [5.41, 5.74) is 6.55. The summed E-state index contributed by atoms with van der Waals surface area (Å²) in [7, 11) is 0. The summed E-state index contributed by atoms with van der Waals surface area (Å²) in [5.74, 6) is 0. The number of aliphatic hydroxyl groups excluding tert-OH is 2. The Morgan fingerprint density at radius 3 is 1.33 bits per heavy atom. The first-order chi connectivity index (χ1) is 17.1. The number of thiocarbonyl (C=S) groups is 2. The van der Waals surface area contributed by atoms with Gasteiger partial charge in [-0.1, -0.05) is 24.4 Å². The zero-order chi connectivity index (χ0) is 26.2. The lowest BCUT2D eigenvalue weighted by molar-refractivity contribution is -0.385. The second kappa shape index (κ2) is 12.5. The number of benzene rings is 2. The Hall–Kier alpha value is -3.42. The molecule has 2 aliphatic rings. The molecule has 2 heterocycles. The Labute approximate surface area is 221 Å². The van der Waals surface area contributed by atoms with Crippen LogP contribution in [0, 0.1) is 20.2 Å². The van der Waals surface area contributed by atoms with Crippen molar-refractivity contribution >= 4 is 89.4 Å². The van der Waals surface area contributed by atoms with E-state index in [1.165, 1.54) is 48.5 Å². The molecule has 2 aromatic carbocycles. The molecule has 2 unspecified atom stereocenters. The summed E-state index contributed by atoms with van der Waals surface area (Å²) in [5, 5.41) is 53.8. The molecule has 14 nitrogen and oxygen atoms in total. The first-order valence-electron chi connectivity index (χ1n) is 9.61. The second-order valence-corrected chi connectivity index (χ2v) is 10.00. The highest BCUT2D eigenvalue weighted by Gasteiger charge is 2.25. The number of nitrogens with zero attached hydrogens (tertiary/aromatic N) is 4. The lowest BCUT2D eigenvalue weighted by Crippen LogP contribution is -2.28. The summed E-state index contributed by atoms with van der Waals surface area (Å²) in [6.45, 7) is 0. The van der Waals surface area contributed by atoms with Crippen LogP contribution in [0.1, 0.15) is 0 Å². The third kappa shape index (κ3) is 7.80. The van der Waals surface area contributed by atoms with Gasteiger partial charge in [0.05, 0.1) is 21.2 Å². The highest BCUT2D eigenvalue weighted by atomic mass is 32.2. The van der Waals surface area contributed by atoms with Gasteiger partial charge in [0.2, 0.25) is 0 Å². The lowest BCUT2D eigenvalue weighted by Gasteiger charge is -2.03. The smallest absolute Gasteiger partial charge is 0.269 e. The summed E-state index contributed by atoms with van der Waals surface area (Å²) in [6.07, 6.45) is -1.82. The van der Waals surface area contributed by atoms with Crippen molar-refractivity contribution in [2.75, 3.05) is 10.9 Å². The van der Waals surface area contributed by atoms with Crippen molar-refractivity contribution < 1.29 is 20.1 Å². The van der Waals surface area contributed by atoms with Gasteiger partial charge in [-0.2, -0.15) is 10.2 Å². The molecular weight excluding hydrogens is 553 g/mol. The SMILES string of the molecule is O=[N+]([O-])c1ccc(N/N=C2/SC(=S)NC2O)cc1.O=[N+]([O-])c1ccc(N/N=C2/SC(=S)NC2O)cc1. The zero-order valence-electron chi connectivity index (χ0n) is 17.7. The van der Waals surface area contributed by atoms with Crippen LogP contribution in [0.25, 0.3) is 0 Å². The van der Waals surface area contributed by atoms with Crippen molar-refractivity contribution in [3.63, 3.8) is 0 Å². The molecule has 2 saturated heterocycles. The van der Waals surface area contributed by atoms with Crippen LogP contribution >= 0.6 is 48.0 Å². The zero-order valence-corrected chi connectivity index (χ0v) is 21.0. The lowest BCUT2D eigenvalue weighted by atomic mass is 10.3. The number of nitro groups is 2. The molecule has 0 aliphatic carbocycles. The van der Waals surface area contributed by atoms with Crippen molar-refractivity contribution in [1.82, 2.24) is 10.6 Å². The first-order valence-corrected chi connectivity index (χ1v) is 12.1. The van der Waals surface area contributed by atoms with Crippen molar-refractivity contribution in [3.8, 4) is 0 Å². The number of thioether (sulfide) groups is 2. The Morgan fingerprint density at radius 1 is 0.750 bits per heavy atom. The fraction of sp³-hybridized carbons (Fsp3) is 0.111. The topological polar surface area (TPSA) is 200 Å². The molecule has 0 radical (unpaired) electrons. The Morgan fingerprint density at radius 2 is 1.08 bits per heavy atom. The Kier molecular flexibility index (Phi) is 9.44. The van der Waals surface area contributed by atoms with E-state index in [0.29, 0.717) is 30.1 Å². The fourth-order valence-corrected chi connectivity index (χ4v) is 4.41. The van der Waals surface area contributed by atoms with Gasteiger partial charge in [-0.05, 0) is 47.8 Å². The maximum absolute atomic E-state index is 10.5. The second-order valence-electron chi connectivity index (χ2n) is 6.60. The molecule has 0 bridgehead atoms. The van der Waals surface area contributed by atoms with Crippen molar-refractivity contribution in [1.29, 1.82) is 0 Å². The van der Waals surface area contributed by atoms with E-state index in [9.17, 15) is 30.4 Å². The molecule has 2 aromatic rings. The average Bonchev–Trinajstić information content (AvgIpc) is 3.35. The molecule has 2 fully saturated rings. The maximum Gasteiger partial charge on any atom is 0.269 e. The van der Waals surface area contributed by atoms with E-state index in [1.807, 2.05) is 0 Å². The molecule has 4 rings (SSSR count). The molecule has 6 N–H and O–H groups in total. The summed E-state index contributed by atoms with van der Waals surface area (Å²) < 4.78 is 0.901. The first kappa shape index (κ1) is 27.2. The minimum Gasteiger partial charge on any atom is -0.368 e. The predicted molar refractivity (Wildman–Crippen MR) is 147 cm³/mol. The van der Waals surface area contributed by atoms with Gasteiger partial charge in [-0.25, -0.2) is 0 Å². The van der Waals surface area contributed by atoms with Gasteiger partial charge in [-0.15, -0.1) is 0 Å². The van der Waals surface area contributed by atoms with Gasteiger partial charge in [0.1, 0.15) is 18.7 Å². The van der Waals surface area contributed by atoms with E-state index in [4.69, 9.17) is 24.4 Å². The molecule has 36 heavy (non-hydrogen) atoms. The van der Waals surface area contributed by atoms with Crippen LogP contribution in [-0.2, 0) is 0 Å². The number of non-ortho nitro benzene ring substituents is 2. The van der Waals surface area contributed by atoms with E-state index in [1.54, 1.807) is 0 Å². The van der Waals surface area contributed by atoms with Crippen LogP contribution in [0.4, 0.5) is 22.7 Å². The van der Waals surface area contributed by atoms with E-state index in [2.05, 4.69) is 31.7 Å². The van der Waals surface area contributed by atoms with Gasteiger partial charge >= 0.3 is 0 Å². The van der Waals surface area contributed by atoms with Crippen LogP contribution in [0.5, 0.6) is 0 Å². The number of hydrazone groups is 2. The molecule has 0 aromatic heterocycles. The molecule has 2 aliphatic heterocycles. The van der Waals surface area contributed by atoms with Crippen LogP contribution in [0.3, 0.4) is 0 Å². The Bertz CT molecular complexity index is 1130. The third-order valence-corrected chi connectivity index (χ3v) is 6.51. The van der Waals surface area contributed by atoms with Crippen LogP contribution in [0.15, 0.2) is 58.7 Å². The number of hydrogen-bond donors (Lipinski definition) is 6. The number of rotatable bonds is 6. The number of aliphatic hydroxyl groups is 2. The molecule has 0 saturated carbocycles. The average molecular weight is 569 g/mol. The molecule has 2 atom stereocenters. The van der Waals surface area contributed by atoms with E-state index in [0.717, 1.165) is 23.5 Å². The molecule has 18 heteroatoms. The van der Waals surface area contributed by atoms with E-state index < -0.39 is 22.3 Å². The number of nitrogens with one attached hydrogen (secondary N) is 4. The van der Waals surface area contributed by atoms with Crippen LogP contribution in [0.2, 0.25) is 0 Å². The largest absolute Gasteiger partial charge is 0.368 e. The fourth-order valence-electron chi connectivity index (χ4n) is 2.43. The monoisotopic (exact) mass is 568 g/mol. The standard InChI is InChI=1S/2C9H8N4O3S2/c2*14-7-8(18-9(17)10-7)12-11-5-1-3-6(4-2-5)13(15)16/h2*1-4,7,11,14H,(H,10,17)/b2*12-8+. The quantitative estimate of drug-likeness (QED) is 0.169. The third-order valence-electron chi connectivity index (χ3n) is 4.12. The molecule has 188 valence electrons. The summed E-state index contributed by atoms with van der Waals surface area (Å²) >= 11 is 12.0. The van der Waals surface area contributed by atoms with Gasteiger partial charge < -0.3 is 20.8 Å². The van der Waals surface area contributed by atoms with Crippen LogP contribution in [-0.4, -0.2) is 51.2 Å². The highest BCUT2D eigenvalue weighted by Crippen LogP contribution is 2.20. The predicted octanol–water partition coefficient (Wildman–Crippen LogP) is 2.52. The summed E-state index contributed by atoms with van der Waals surface area (Å²) in [4.78, 5) is 20.0. The van der Waals surface area contributed by atoms with Gasteiger partial charge in [0.15, 0.2) is 12.5 Å². The van der Waals surface area contributed by atoms with Crippen molar-refractivity contribution in [2.24, 2.45) is 10.2 Å². The number of nitro benzene ring substituents is 2. The van der Waals surface area contributed by atoms with Crippen molar-refractivity contribution in [2.45, 2.75) is 12.5 Å². The minimum absolute atomic E-state index is 0.00586. The van der Waals surface area contributed by atoms with Crippen LogP contribution < -0.4 is 21.5 Å². The number of hydrogen-bond acceptors (Lipinski definition) is 14. The highest BCUT2D eigenvalue weighted by molar-refractivity contribution is 8.34. The van der Waals surface area contributed by atoms with Crippen molar-refractivity contribution in [3.05, 3.63) is 68.8 Å². The van der Waals surface area contributed by atoms with Gasteiger partial charge in [0.25, 0.3) is 11.4 Å². The van der Waals surface area contributed by atoms with Gasteiger partial charge in [0, 0.05) is 24.3 Å². The minimum atomic E-state index is -0.909. The van der Waals surface area contributed by atoms with Gasteiger partial charge in [-0.3, -0.25) is 31.1 Å². The normalized spacial score (nSPS) is 20.8. The Balaban J connectivity index is 0.000000201. The van der Waals surface area contributed by atoms with E-state index >= 15 is 0 Å². The summed E-state index contributed by atoms with van der Waals surface area (Å²) in [6, 6.07) is 11.6. The molecule has 0 amide bonds. The molecule has 0 spiro atoms. The maximum atomic E-state index is 10.5.